The van der Waals surface area contributed by atoms with Crippen LogP contribution in [-0.4, -0.2) is 50.1 Å². The molecule has 1 aliphatic heterocycles. The van der Waals surface area contributed by atoms with Gasteiger partial charge >= 0.3 is 0 Å². The second kappa shape index (κ2) is 9.83. The molecular formula is C13H29IN4. The summed E-state index contributed by atoms with van der Waals surface area (Å²) in [6.07, 6.45) is 2.67. The quantitative estimate of drug-likeness (QED) is 0.453. The molecular weight excluding hydrogens is 339 g/mol. The van der Waals surface area contributed by atoms with Gasteiger partial charge in [-0.1, -0.05) is 6.92 Å². The highest BCUT2D eigenvalue weighted by atomic mass is 127. The van der Waals surface area contributed by atoms with Crippen molar-refractivity contribution in [2.75, 3.05) is 33.2 Å². The van der Waals surface area contributed by atoms with E-state index in [9.17, 15) is 0 Å². The van der Waals surface area contributed by atoms with Gasteiger partial charge in [-0.3, -0.25) is 4.99 Å². The Hall–Kier alpha value is -0.0400. The zero-order chi connectivity index (χ0) is 12.7. The Morgan fingerprint density at radius 1 is 1.44 bits per heavy atom. The number of nitrogens with zero attached hydrogens (tertiary/aromatic N) is 2. The van der Waals surface area contributed by atoms with Crippen LogP contribution in [0.5, 0.6) is 0 Å². The topological polar surface area (TPSA) is 39.7 Å². The van der Waals surface area contributed by atoms with Crippen molar-refractivity contribution >= 4 is 29.9 Å². The summed E-state index contributed by atoms with van der Waals surface area (Å²) in [5, 5.41) is 6.75. The summed E-state index contributed by atoms with van der Waals surface area (Å²) in [5.41, 5.74) is 0. The maximum absolute atomic E-state index is 4.23. The smallest absolute Gasteiger partial charge is 0.191 e. The average molecular weight is 368 g/mol. The molecule has 5 heteroatoms. The minimum Gasteiger partial charge on any atom is -0.356 e. The highest BCUT2D eigenvalue weighted by Crippen LogP contribution is 2.14. The summed E-state index contributed by atoms with van der Waals surface area (Å²) < 4.78 is 0. The van der Waals surface area contributed by atoms with E-state index in [1.165, 1.54) is 32.5 Å². The van der Waals surface area contributed by atoms with Gasteiger partial charge < -0.3 is 15.5 Å². The molecule has 1 unspecified atom stereocenters. The van der Waals surface area contributed by atoms with Crippen molar-refractivity contribution in [1.29, 1.82) is 0 Å². The van der Waals surface area contributed by atoms with Crippen LogP contribution in [0.15, 0.2) is 4.99 Å². The largest absolute Gasteiger partial charge is 0.356 e. The number of rotatable bonds is 4. The monoisotopic (exact) mass is 368 g/mol. The lowest BCUT2D eigenvalue weighted by Crippen LogP contribution is -2.46. The zero-order valence-corrected chi connectivity index (χ0v) is 14.5. The third-order valence-electron chi connectivity index (χ3n) is 3.26. The number of guanidine groups is 1. The molecule has 1 atom stereocenters. The zero-order valence-electron chi connectivity index (χ0n) is 12.2. The minimum atomic E-state index is 0. The molecule has 0 aliphatic carbocycles. The Morgan fingerprint density at radius 2 is 2.17 bits per heavy atom. The van der Waals surface area contributed by atoms with Gasteiger partial charge in [0.2, 0.25) is 0 Å². The van der Waals surface area contributed by atoms with Crippen molar-refractivity contribution in [3.05, 3.63) is 0 Å². The first-order chi connectivity index (χ1) is 8.15. The van der Waals surface area contributed by atoms with Gasteiger partial charge in [-0.05, 0) is 45.7 Å². The maximum Gasteiger partial charge on any atom is 0.191 e. The first kappa shape index (κ1) is 18.0. The molecule has 0 saturated carbocycles. The van der Waals surface area contributed by atoms with E-state index < -0.39 is 0 Å². The third-order valence-corrected chi connectivity index (χ3v) is 3.26. The molecule has 4 nitrogen and oxygen atoms in total. The summed E-state index contributed by atoms with van der Waals surface area (Å²) in [5.74, 6) is 1.68. The third kappa shape index (κ3) is 6.78. The Kier molecular flexibility index (Phi) is 9.81. The Bertz CT molecular complexity index is 243. The lowest BCUT2D eigenvalue weighted by atomic mass is 9.98. The summed E-state index contributed by atoms with van der Waals surface area (Å²) in [6.45, 7) is 11.2. The lowest BCUT2D eigenvalue weighted by molar-refractivity contribution is 0.183. The van der Waals surface area contributed by atoms with Gasteiger partial charge in [0.05, 0.1) is 0 Å². The number of nitrogens with one attached hydrogen (secondary N) is 2. The molecule has 0 aromatic rings. The second-order valence-electron chi connectivity index (χ2n) is 5.15. The minimum absolute atomic E-state index is 0. The van der Waals surface area contributed by atoms with E-state index in [0.29, 0.717) is 6.04 Å². The molecule has 108 valence electrons. The second-order valence-corrected chi connectivity index (χ2v) is 5.15. The molecule has 0 aromatic heterocycles. The molecule has 2 N–H and O–H groups in total. The van der Waals surface area contributed by atoms with Crippen LogP contribution in [0.3, 0.4) is 0 Å². The van der Waals surface area contributed by atoms with Gasteiger partial charge in [0.15, 0.2) is 5.96 Å². The Balaban J connectivity index is 0.00000289. The number of aliphatic imine (C=N–C) groups is 1. The molecule has 1 rings (SSSR count). The summed E-state index contributed by atoms with van der Waals surface area (Å²) in [6, 6.07) is 0.430. The van der Waals surface area contributed by atoms with E-state index in [2.05, 4.69) is 41.3 Å². The molecule has 1 saturated heterocycles. The van der Waals surface area contributed by atoms with E-state index in [-0.39, 0.29) is 24.0 Å². The lowest BCUT2D eigenvalue weighted by Gasteiger charge is -2.32. The van der Waals surface area contributed by atoms with Crippen LogP contribution < -0.4 is 10.6 Å². The fourth-order valence-electron chi connectivity index (χ4n) is 2.31. The standard InChI is InChI=1S/C13H28N4.HI/c1-5-17-8-6-7-12(10-17)9-15-13(14-4)16-11(2)3;/h11-12H,5-10H2,1-4H3,(H2,14,15,16);1H. The summed E-state index contributed by atoms with van der Waals surface area (Å²) >= 11 is 0. The maximum atomic E-state index is 4.23. The van der Waals surface area contributed by atoms with Crippen LogP contribution in [0.1, 0.15) is 33.6 Å². The number of likely N-dealkylation sites (tertiary alicyclic amines) is 1. The first-order valence-corrected chi connectivity index (χ1v) is 6.85. The Morgan fingerprint density at radius 3 is 2.72 bits per heavy atom. The fraction of sp³-hybridized carbons (Fsp3) is 0.923. The van der Waals surface area contributed by atoms with Crippen molar-refractivity contribution in [2.45, 2.75) is 39.7 Å². The van der Waals surface area contributed by atoms with Crippen molar-refractivity contribution in [3.8, 4) is 0 Å². The summed E-state index contributed by atoms with van der Waals surface area (Å²) in [7, 11) is 1.83. The van der Waals surface area contributed by atoms with Crippen LogP contribution in [0.2, 0.25) is 0 Å². The van der Waals surface area contributed by atoms with E-state index in [1.807, 2.05) is 7.05 Å². The molecule has 0 bridgehead atoms. The van der Waals surface area contributed by atoms with E-state index in [1.54, 1.807) is 0 Å². The SMILES string of the molecule is CCN1CCCC(CNC(=NC)NC(C)C)C1.I. The molecule has 18 heavy (non-hydrogen) atoms. The average Bonchev–Trinajstić information content (AvgIpc) is 2.34. The van der Waals surface area contributed by atoms with Gasteiger partial charge in [0.25, 0.3) is 0 Å². The number of hydrogen-bond acceptors (Lipinski definition) is 2. The molecule has 0 radical (unpaired) electrons. The van der Waals surface area contributed by atoms with Crippen molar-refractivity contribution in [3.63, 3.8) is 0 Å². The van der Waals surface area contributed by atoms with E-state index in [4.69, 9.17) is 0 Å². The normalized spacial score (nSPS) is 21.6. The molecule has 1 aliphatic rings. The number of hydrogen-bond donors (Lipinski definition) is 2. The molecule has 0 spiro atoms. The van der Waals surface area contributed by atoms with Gasteiger partial charge in [-0.15, -0.1) is 24.0 Å². The molecule has 1 heterocycles. The molecule has 1 fully saturated rings. The van der Waals surface area contributed by atoms with Gasteiger partial charge in [0.1, 0.15) is 0 Å². The predicted octanol–water partition coefficient (Wildman–Crippen LogP) is 1.91. The highest BCUT2D eigenvalue weighted by Gasteiger charge is 2.18. The fourth-order valence-corrected chi connectivity index (χ4v) is 2.31. The van der Waals surface area contributed by atoms with E-state index in [0.717, 1.165) is 18.4 Å². The van der Waals surface area contributed by atoms with Crippen molar-refractivity contribution < 1.29 is 0 Å². The van der Waals surface area contributed by atoms with Crippen LogP contribution in [-0.2, 0) is 0 Å². The molecule has 0 aromatic carbocycles. The van der Waals surface area contributed by atoms with Gasteiger partial charge in [-0.2, -0.15) is 0 Å². The van der Waals surface area contributed by atoms with Crippen molar-refractivity contribution in [2.24, 2.45) is 10.9 Å². The number of piperidine rings is 1. The van der Waals surface area contributed by atoms with Crippen LogP contribution >= 0.6 is 24.0 Å². The summed E-state index contributed by atoms with van der Waals surface area (Å²) in [4.78, 5) is 6.77. The van der Waals surface area contributed by atoms with Gasteiger partial charge in [0, 0.05) is 26.2 Å². The first-order valence-electron chi connectivity index (χ1n) is 6.85. The van der Waals surface area contributed by atoms with E-state index >= 15 is 0 Å². The predicted molar refractivity (Wildman–Crippen MR) is 89.9 cm³/mol. The highest BCUT2D eigenvalue weighted by molar-refractivity contribution is 14.0. The van der Waals surface area contributed by atoms with Crippen LogP contribution in [0, 0.1) is 5.92 Å². The van der Waals surface area contributed by atoms with Crippen molar-refractivity contribution in [1.82, 2.24) is 15.5 Å². The number of halogens is 1. The molecule has 0 amide bonds. The van der Waals surface area contributed by atoms with Gasteiger partial charge in [-0.25, -0.2) is 0 Å². The Labute approximate surface area is 129 Å². The van der Waals surface area contributed by atoms with Crippen LogP contribution in [0.25, 0.3) is 0 Å². The van der Waals surface area contributed by atoms with Crippen LogP contribution in [0.4, 0.5) is 0 Å².